The minimum atomic E-state index is -1.19. The molecule has 4 aromatic rings. The van der Waals surface area contributed by atoms with Gasteiger partial charge in [-0.05, 0) is 55.7 Å². The number of rotatable bonds is 4. The molecule has 10 heteroatoms. The van der Waals surface area contributed by atoms with Gasteiger partial charge in [0.25, 0.3) is 0 Å². The summed E-state index contributed by atoms with van der Waals surface area (Å²) in [5.74, 6) is 1.76. The zero-order valence-electron chi connectivity index (χ0n) is 20.7. The lowest BCUT2D eigenvalue weighted by molar-refractivity contribution is -0.119. The number of anilines is 2. The monoisotopic (exact) mass is 517 g/mol. The first-order valence-corrected chi connectivity index (χ1v) is 12.9. The van der Waals surface area contributed by atoms with Crippen LogP contribution in [0.5, 0.6) is 5.75 Å². The van der Waals surface area contributed by atoms with Gasteiger partial charge in [0, 0.05) is 18.6 Å². The molecule has 190 valence electrons. The van der Waals surface area contributed by atoms with Gasteiger partial charge in [-0.15, -0.1) is 0 Å². The number of nitrogen functional groups attached to an aromatic ring is 1. The number of hydrogen-bond acceptors (Lipinski definition) is 7. The SMILES string of the molecule is C[C@]1(c2ccc(Cl)c(O)c2)C(=O)Nc2nc(-c3cn4ccnc4c(C[C@H]4CC[C@H](C)CC4)n3)nc(N)c21. The lowest BCUT2D eigenvalue weighted by Gasteiger charge is -2.26. The second-order valence-electron chi connectivity index (χ2n) is 10.5. The maximum atomic E-state index is 13.2. The molecule has 1 amide bonds. The molecule has 9 nitrogen and oxygen atoms in total. The smallest absolute Gasteiger partial charge is 0.240 e. The van der Waals surface area contributed by atoms with Gasteiger partial charge in [0.2, 0.25) is 5.91 Å². The second-order valence-corrected chi connectivity index (χ2v) is 10.9. The summed E-state index contributed by atoms with van der Waals surface area (Å²) in [5, 5.41) is 13.2. The predicted molar refractivity (Wildman–Crippen MR) is 141 cm³/mol. The molecular weight excluding hydrogens is 490 g/mol. The van der Waals surface area contributed by atoms with Gasteiger partial charge >= 0.3 is 0 Å². The zero-order valence-corrected chi connectivity index (χ0v) is 21.5. The number of hydrogen-bond donors (Lipinski definition) is 3. The number of halogens is 1. The maximum absolute atomic E-state index is 13.2. The normalized spacial score (nSPS) is 23.3. The molecule has 1 saturated carbocycles. The minimum absolute atomic E-state index is 0.115. The average Bonchev–Trinajstić information content (AvgIpc) is 3.45. The first-order valence-electron chi connectivity index (χ1n) is 12.6. The van der Waals surface area contributed by atoms with Crippen molar-refractivity contribution in [1.82, 2.24) is 24.3 Å². The van der Waals surface area contributed by atoms with Crippen LogP contribution in [0.4, 0.5) is 11.6 Å². The Morgan fingerprint density at radius 3 is 2.76 bits per heavy atom. The fourth-order valence-corrected chi connectivity index (χ4v) is 5.79. The van der Waals surface area contributed by atoms with Gasteiger partial charge in [-0.1, -0.05) is 37.4 Å². The van der Waals surface area contributed by atoms with Crippen LogP contribution < -0.4 is 11.1 Å². The molecule has 0 bridgehead atoms. The summed E-state index contributed by atoms with van der Waals surface area (Å²) in [6.07, 6.45) is 11.2. The van der Waals surface area contributed by atoms with Crippen LogP contribution in [-0.2, 0) is 16.6 Å². The lowest BCUT2D eigenvalue weighted by atomic mass is 9.77. The third kappa shape index (κ3) is 3.89. The van der Waals surface area contributed by atoms with E-state index in [4.69, 9.17) is 22.3 Å². The van der Waals surface area contributed by atoms with Crippen molar-refractivity contribution in [3.8, 4) is 17.3 Å². The van der Waals surface area contributed by atoms with Gasteiger partial charge < -0.3 is 20.6 Å². The number of carbonyl (C=O) groups excluding carboxylic acids is 1. The quantitative estimate of drug-likeness (QED) is 0.355. The van der Waals surface area contributed by atoms with Crippen molar-refractivity contribution in [2.45, 2.75) is 51.4 Å². The largest absolute Gasteiger partial charge is 0.506 e. The lowest BCUT2D eigenvalue weighted by Crippen LogP contribution is -2.32. The number of phenols is 1. The fourth-order valence-electron chi connectivity index (χ4n) is 5.67. The number of carbonyl (C=O) groups is 1. The Labute approximate surface area is 219 Å². The summed E-state index contributed by atoms with van der Waals surface area (Å²) < 4.78 is 1.94. The summed E-state index contributed by atoms with van der Waals surface area (Å²) in [4.78, 5) is 31.9. The molecule has 0 radical (unpaired) electrons. The highest BCUT2D eigenvalue weighted by Crippen LogP contribution is 2.46. The molecule has 0 unspecified atom stereocenters. The summed E-state index contributed by atoms with van der Waals surface area (Å²) in [6.45, 7) is 4.05. The van der Waals surface area contributed by atoms with Crippen molar-refractivity contribution < 1.29 is 9.90 Å². The first-order chi connectivity index (χ1) is 17.7. The molecule has 1 atom stereocenters. The first kappa shape index (κ1) is 23.7. The molecule has 4 N–H and O–H groups in total. The van der Waals surface area contributed by atoms with Crippen molar-refractivity contribution in [2.24, 2.45) is 11.8 Å². The number of benzene rings is 1. The van der Waals surface area contributed by atoms with E-state index in [1.807, 2.05) is 16.8 Å². The Balaban J connectivity index is 1.41. The van der Waals surface area contributed by atoms with E-state index in [9.17, 15) is 9.90 Å². The number of phenolic OH excluding ortho intramolecular Hbond substituents is 1. The molecule has 1 aliphatic carbocycles. The molecule has 0 spiro atoms. The Kier molecular flexibility index (Phi) is 5.56. The van der Waals surface area contributed by atoms with Crippen LogP contribution in [0.15, 0.2) is 36.8 Å². The van der Waals surface area contributed by atoms with Crippen molar-refractivity contribution >= 4 is 34.8 Å². The topological polar surface area (TPSA) is 131 Å². The molecule has 0 saturated heterocycles. The highest BCUT2D eigenvalue weighted by atomic mass is 35.5. The van der Waals surface area contributed by atoms with Crippen LogP contribution in [0.1, 0.15) is 56.4 Å². The summed E-state index contributed by atoms with van der Waals surface area (Å²) in [5.41, 5.74) is 8.58. The van der Waals surface area contributed by atoms with E-state index in [1.54, 1.807) is 25.3 Å². The van der Waals surface area contributed by atoms with Gasteiger partial charge in [-0.2, -0.15) is 0 Å². The third-order valence-corrected chi connectivity index (χ3v) is 8.26. The Hall–Kier alpha value is -3.72. The number of amides is 1. The number of nitrogens with zero attached hydrogens (tertiary/aromatic N) is 5. The highest BCUT2D eigenvalue weighted by molar-refractivity contribution is 6.32. The molecule has 37 heavy (non-hydrogen) atoms. The second kappa shape index (κ2) is 8.69. The Morgan fingerprint density at radius 2 is 2.00 bits per heavy atom. The molecule has 1 aromatic carbocycles. The van der Waals surface area contributed by atoms with Crippen molar-refractivity contribution in [2.75, 3.05) is 11.1 Å². The van der Waals surface area contributed by atoms with E-state index in [0.717, 1.165) is 23.7 Å². The van der Waals surface area contributed by atoms with Gasteiger partial charge in [0.05, 0.1) is 16.3 Å². The minimum Gasteiger partial charge on any atom is -0.506 e. The van der Waals surface area contributed by atoms with Crippen LogP contribution in [0.2, 0.25) is 5.02 Å². The van der Waals surface area contributed by atoms with Gasteiger partial charge in [-0.25, -0.2) is 19.9 Å². The van der Waals surface area contributed by atoms with Gasteiger partial charge in [-0.3, -0.25) is 4.79 Å². The van der Waals surface area contributed by atoms with Crippen LogP contribution in [0, 0.1) is 11.8 Å². The molecule has 4 heterocycles. The van der Waals surface area contributed by atoms with E-state index in [1.165, 1.54) is 31.7 Å². The molecule has 1 fully saturated rings. The molecule has 6 rings (SSSR count). The highest BCUT2D eigenvalue weighted by Gasteiger charge is 2.48. The van der Waals surface area contributed by atoms with Crippen LogP contribution >= 0.6 is 11.6 Å². The van der Waals surface area contributed by atoms with Crippen molar-refractivity contribution in [1.29, 1.82) is 0 Å². The standard InChI is InChI=1S/C27H28ClN7O2/c1-14-3-5-15(6-4-14)11-18-25-30-9-10-35(25)13-19(31-18)23-32-22(29)21-24(33-23)34-26(37)27(21,2)16-7-8-17(28)20(36)12-16/h7-10,12-15,36H,3-6,11H2,1-2H3,(H3,29,32,33,34,37)/t14-,15-,27-/m1/s1. The van der Waals surface area contributed by atoms with Crippen LogP contribution in [0.3, 0.4) is 0 Å². The molecular formula is C27H28ClN7O2. The third-order valence-electron chi connectivity index (χ3n) is 7.94. The van der Waals surface area contributed by atoms with Gasteiger partial charge in [0.15, 0.2) is 11.5 Å². The predicted octanol–water partition coefficient (Wildman–Crippen LogP) is 4.75. The summed E-state index contributed by atoms with van der Waals surface area (Å²) >= 11 is 5.99. The summed E-state index contributed by atoms with van der Waals surface area (Å²) in [6, 6.07) is 4.71. The maximum Gasteiger partial charge on any atom is 0.240 e. The number of aromatic nitrogens is 5. The number of nitrogens with two attached hydrogens (primary N) is 1. The van der Waals surface area contributed by atoms with E-state index in [0.29, 0.717) is 34.4 Å². The van der Waals surface area contributed by atoms with E-state index < -0.39 is 5.41 Å². The van der Waals surface area contributed by atoms with E-state index >= 15 is 0 Å². The van der Waals surface area contributed by atoms with Crippen molar-refractivity contribution in [3.05, 3.63) is 58.6 Å². The number of aromatic hydroxyl groups is 1. The number of nitrogens with one attached hydrogen (secondary N) is 1. The number of imidazole rings is 1. The number of fused-ring (bicyclic) bond motifs is 2. The zero-order chi connectivity index (χ0) is 25.9. The molecule has 1 aliphatic heterocycles. The van der Waals surface area contributed by atoms with Crippen LogP contribution in [-0.4, -0.2) is 35.4 Å². The fraction of sp³-hybridized carbons (Fsp3) is 0.370. The van der Waals surface area contributed by atoms with E-state index in [-0.39, 0.29) is 22.5 Å². The molecule has 2 aliphatic rings. The summed E-state index contributed by atoms with van der Waals surface area (Å²) in [7, 11) is 0. The molecule has 3 aromatic heterocycles. The Morgan fingerprint density at radius 1 is 1.22 bits per heavy atom. The Bertz CT molecular complexity index is 1540. The van der Waals surface area contributed by atoms with Crippen molar-refractivity contribution in [3.63, 3.8) is 0 Å². The average molecular weight is 518 g/mol. The van der Waals surface area contributed by atoms with Gasteiger partial charge in [0.1, 0.15) is 28.5 Å². The van der Waals surface area contributed by atoms with E-state index in [2.05, 4.69) is 27.2 Å². The van der Waals surface area contributed by atoms with Crippen LogP contribution in [0.25, 0.3) is 17.2 Å².